The Morgan fingerprint density at radius 3 is 2.86 bits per heavy atom. The molecular formula is C17H14ClN2O. The molecule has 0 aliphatic carbocycles. The van der Waals surface area contributed by atoms with Gasteiger partial charge in [-0.25, -0.2) is 0 Å². The molecule has 3 nitrogen and oxygen atoms in total. The Balaban J connectivity index is 1.95. The number of nitrogens with zero attached hydrogens (tertiary/aromatic N) is 2. The molecule has 4 heteroatoms. The van der Waals surface area contributed by atoms with Crippen LogP contribution in [0.25, 0.3) is 11.3 Å². The Bertz CT molecular complexity index is 752. The first kappa shape index (κ1) is 13.7. The molecule has 3 aromatic rings. The largest absolute Gasteiger partial charge is 0.497 e. The van der Waals surface area contributed by atoms with Crippen LogP contribution in [0, 0.1) is 6.20 Å². The zero-order valence-corrected chi connectivity index (χ0v) is 12.3. The van der Waals surface area contributed by atoms with Crippen LogP contribution in [0.1, 0.15) is 5.56 Å². The lowest BCUT2D eigenvalue weighted by Gasteiger charge is -2.10. The van der Waals surface area contributed by atoms with Crippen LogP contribution in [0.15, 0.2) is 54.6 Å². The lowest BCUT2D eigenvalue weighted by Crippen LogP contribution is -2.04. The molecule has 21 heavy (non-hydrogen) atoms. The summed E-state index contributed by atoms with van der Waals surface area (Å²) in [5.74, 6) is 0.818. The summed E-state index contributed by atoms with van der Waals surface area (Å²) in [4.78, 5) is 0. The smallest absolute Gasteiger partial charge is 0.119 e. The molecule has 0 atom stereocenters. The fraction of sp³-hybridized carbons (Fsp3) is 0.118. The molecule has 0 aliphatic rings. The van der Waals surface area contributed by atoms with Crippen LogP contribution in [-0.2, 0) is 6.54 Å². The van der Waals surface area contributed by atoms with E-state index >= 15 is 0 Å². The van der Waals surface area contributed by atoms with E-state index in [9.17, 15) is 0 Å². The minimum Gasteiger partial charge on any atom is -0.497 e. The lowest BCUT2D eigenvalue weighted by molar-refractivity contribution is 0.415. The van der Waals surface area contributed by atoms with Gasteiger partial charge in [-0.15, -0.1) is 0 Å². The van der Waals surface area contributed by atoms with Crippen molar-refractivity contribution in [2.24, 2.45) is 0 Å². The molecule has 0 unspecified atom stereocenters. The number of hydrogen-bond donors (Lipinski definition) is 0. The van der Waals surface area contributed by atoms with Gasteiger partial charge in [-0.05, 0) is 29.8 Å². The first-order valence-corrected chi connectivity index (χ1v) is 6.97. The van der Waals surface area contributed by atoms with Gasteiger partial charge in [0.15, 0.2) is 0 Å². The third-order valence-electron chi connectivity index (χ3n) is 3.30. The van der Waals surface area contributed by atoms with Gasteiger partial charge in [-0.3, -0.25) is 4.68 Å². The highest BCUT2D eigenvalue weighted by Gasteiger charge is 2.08. The van der Waals surface area contributed by atoms with E-state index in [0.717, 1.165) is 27.6 Å². The normalized spacial score (nSPS) is 10.6. The number of benzene rings is 2. The van der Waals surface area contributed by atoms with Crippen molar-refractivity contribution in [3.05, 3.63) is 71.4 Å². The van der Waals surface area contributed by atoms with Crippen molar-refractivity contribution < 1.29 is 4.74 Å². The van der Waals surface area contributed by atoms with E-state index in [1.165, 1.54) is 0 Å². The first-order chi connectivity index (χ1) is 10.3. The highest BCUT2D eigenvalue weighted by atomic mass is 35.5. The number of hydrogen-bond acceptors (Lipinski definition) is 2. The molecule has 0 spiro atoms. The molecule has 0 bridgehead atoms. The van der Waals surface area contributed by atoms with Gasteiger partial charge < -0.3 is 4.74 Å². The minimum absolute atomic E-state index is 0.607. The molecule has 0 aliphatic heterocycles. The monoisotopic (exact) mass is 297 g/mol. The van der Waals surface area contributed by atoms with E-state index in [1.807, 2.05) is 59.3 Å². The Labute approximate surface area is 128 Å². The van der Waals surface area contributed by atoms with Crippen LogP contribution in [0.3, 0.4) is 0 Å². The number of ether oxygens (including phenoxy) is 1. The van der Waals surface area contributed by atoms with E-state index in [-0.39, 0.29) is 0 Å². The number of halogens is 1. The maximum Gasteiger partial charge on any atom is 0.119 e. The molecule has 3 rings (SSSR count). The van der Waals surface area contributed by atoms with Gasteiger partial charge in [0.2, 0.25) is 0 Å². The second kappa shape index (κ2) is 6.02. The quantitative estimate of drug-likeness (QED) is 0.726. The van der Waals surface area contributed by atoms with Crippen molar-refractivity contribution in [1.82, 2.24) is 9.78 Å². The van der Waals surface area contributed by atoms with E-state index in [1.54, 1.807) is 7.11 Å². The Hall–Kier alpha value is -2.26. The van der Waals surface area contributed by atoms with Gasteiger partial charge in [-0.2, -0.15) is 5.10 Å². The summed E-state index contributed by atoms with van der Waals surface area (Å²) in [6.45, 7) is 0.607. The molecule has 2 aromatic carbocycles. The highest BCUT2D eigenvalue weighted by molar-refractivity contribution is 6.31. The maximum atomic E-state index is 6.22. The zero-order valence-electron chi connectivity index (χ0n) is 11.6. The molecule has 0 saturated carbocycles. The summed E-state index contributed by atoms with van der Waals surface area (Å²) in [6, 6.07) is 17.5. The van der Waals surface area contributed by atoms with Crippen molar-refractivity contribution in [3.8, 4) is 17.0 Å². The molecule has 1 heterocycles. The third-order valence-corrected chi connectivity index (χ3v) is 3.67. The van der Waals surface area contributed by atoms with Gasteiger partial charge >= 0.3 is 0 Å². The fourth-order valence-electron chi connectivity index (χ4n) is 2.21. The number of rotatable bonds is 4. The topological polar surface area (TPSA) is 27.1 Å². The summed E-state index contributed by atoms with van der Waals surface area (Å²) in [5, 5.41) is 5.02. The van der Waals surface area contributed by atoms with Crippen LogP contribution in [-0.4, -0.2) is 16.9 Å². The number of methoxy groups -OCH3 is 1. The second-order valence-corrected chi connectivity index (χ2v) is 5.05. The summed E-state index contributed by atoms with van der Waals surface area (Å²) in [6.07, 6.45) is 2.90. The number of aromatic nitrogens is 2. The Kier molecular flexibility index (Phi) is 3.93. The minimum atomic E-state index is 0.607. The average molecular weight is 298 g/mol. The molecule has 0 N–H and O–H groups in total. The molecule has 0 amide bonds. The predicted octanol–water partition coefficient (Wildman–Crippen LogP) is 4.06. The Morgan fingerprint density at radius 1 is 1.19 bits per heavy atom. The average Bonchev–Trinajstić information content (AvgIpc) is 2.98. The van der Waals surface area contributed by atoms with E-state index in [2.05, 4.69) is 11.3 Å². The van der Waals surface area contributed by atoms with Gasteiger partial charge in [0.05, 0.1) is 19.3 Å². The maximum absolute atomic E-state index is 6.22. The summed E-state index contributed by atoms with van der Waals surface area (Å²) in [7, 11) is 1.66. The Morgan fingerprint density at radius 2 is 2.05 bits per heavy atom. The van der Waals surface area contributed by atoms with Crippen molar-refractivity contribution in [1.29, 1.82) is 0 Å². The van der Waals surface area contributed by atoms with Crippen LogP contribution < -0.4 is 4.74 Å². The van der Waals surface area contributed by atoms with Gasteiger partial charge in [-0.1, -0.05) is 41.9 Å². The van der Waals surface area contributed by atoms with Crippen molar-refractivity contribution in [2.75, 3.05) is 7.11 Å². The molecular weight excluding hydrogens is 284 g/mol. The third kappa shape index (κ3) is 2.93. The van der Waals surface area contributed by atoms with Gasteiger partial charge in [0.25, 0.3) is 0 Å². The predicted molar refractivity (Wildman–Crippen MR) is 83.6 cm³/mol. The molecule has 1 aromatic heterocycles. The van der Waals surface area contributed by atoms with E-state index in [4.69, 9.17) is 16.3 Å². The second-order valence-electron chi connectivity index (χ2n) is 4.64. The van der Waals surface area contributed by atoms with Crippen LogP contribution in [0.5, 0.6) is 5.75 Å². The van der Waals surface area contributed by atoms with Gasteiger partial charge in [0.1, 0.15) is 11.9 Å². The van der Waals surface area contributed by atoms with Gasteiger partial charge in [0, 0.05) is 10.6 Å². The van der Waals surface area contributed by atoms with Crippen molar-refractivity contribution in [3.63, 3.8) is 0 Å². The fourth-order valence-corrected chi connectivity index (χ4v) is 2.41. The van der Waals surface area contributed by atoms with Crippen molar-refractivity contribution in [2.45, 2.75) is 6.54 Å². The standard InChI is InChI=1S/C17H14ClN2O/c1-21-15-7-4-6-13(11-15)17-9-10-19-20(17)12-14-5-2-3-8-16(14)18/h2-9,11H,12H2,1H3. The summed E-state index contributed by atoms with van der Waals surface area (Å²) >= 11 is 6.22. The molecule has 0 fully saturated rings. The molecule has 1 radical (unpaired) electrons. The van der Waals surface area contributed by atoms with Crippen LogP contribution in [0.2, 0.25) is 5.02 Å². The molecule has 105 valence electrons. The summed E-state index contributed by atoms with van der Waals surface area (Å²) in [5.41, 5.74) is 3.05. The molecule has 0 saturated heterocycles. The highest BCUT2D eigenvalue weighted by Crippen LogP contribution is 2.25. The lowest BCUT2D eigenvalue weighted by atomic mass is 10.1. The SMILES string of the molecule is COc1cccc(-c2c[c]nn2Cc2ccccc2Cl)c1. The first-order valence-electron chi connectivity index (χ1n) is 6.59. The van der Waals surface area contributed by atoms with E-state index in [0.29, 0.717) is 6.54 Å². The zero-order chi connectivity index (χ0) is 14.7. The van der Waals surface area contributed by atoms with Crippen LogP contribution in [0.4, 0.5) is 0 Å². The van der Waals surface area contributed by atoms with Crippen molar-refractivity contribution >= 4 is 11.6 Å². The summed E-state index contributed by atoms with van der Waals surface area (Å²) < 4.78 is 7.15. The van der Waals surface area contributed by atoms with E-state index < -0.39 is 0 Å². The van der Waals surface area contributed by atoms with Crippen LogP contribution >= 0.6 is 11.6 Å².